The second-order valence-electron chi connectivity index (χ2n) is 7.57. The van der Waals surface area contributed by atoms with Crippen molar-refractivity contribution in [3.05, 3.63) is 82.9 Å². The van der Waals surface area contributed by atoms with Crippen molar-refractivity contribution in [1.82, 2.24) is 9.80 Å². The predicted molar refractivity (Wildman–Crippen MR) is 114 cm³/mol. The van der Waals surface area contributed by atoms with E-state index in [4.69, 9.17) is 0 Å². The van der Waals surface area contributed by atoms with Crippen LogP contribution in [0.4, 0.5) is 0 Å². The molecule has 28 heavy (non-hydrogen) atoms. The van der Waals surface area contributed by atoms with Gasteiger partial charge in [-0.25, -0.2) is 0 Å². The van der Waals surface area contributed by atoms with Crippen molar-refractivity contribution < 1.29 is 9.90 Å². The van der Waals surface area contributed by atoms with Gasteiger partial charge in [0, 0.05) is 52.2 Å². The lowest BCUT2D eigenvalue weighted by Gasteiger charge is -2.31. The van der Waals surface area contributed by atoms with Crippen molar-refractivity contribution in [2.45, 2.75) is 18.9 Å². The van der Waals surface area contributed by atoms with Crippen LogP contribution in [0.3, 0.4) is 0 Å². The summed E-state index contributed by atoms with van der Waals surface area (Å²) in [5, 5.41) is 10.7. The molecule has 0 aliphatic heterocycles. The third-order valence-corrected chi connectivity index (χ3v) is 4.99. The highest BCUT2D eigenvalue weighted by Gasteiger charge is 2.33. The number of hydrogen-bond donors (Lipinski definition) is 1. The van der Waals surface area contributed by atoms with E-state index in [0.29, 0.717) is 24.0 Å². The number of Topliss-reactive ketones (excluding diaryl/α,β-unsaturated/α-hetero) is 1. The minimum absolute atomic E-state index is 0.0189. The number of benzene rings is 2. The number of ketones is 1. The maximum atomic E-state index is 13.6. The molecular formula is C24H28N2O2. The summed E-state index contributed by atoms with van der Waals surface area (Å²) in [5.41, 5.74) is 5.03. The van der Waals surface area contributed by atoms with E-state index < -0.39 is 6.10 Å². The van der Waals surface area contributed by atoms with Crippen molar-refractivity contribution in [3.63, 3.8) is 0 Å². The molecule has 0 spiro atoms. The zero-order chi connectivity index (χ0) is 20.3. The molecule has 1 saturated carbocycles. The van der Waals surface area contributed by atoms with Gasteiger partial charge in [-0.3, -0.25) is 4.79 Å². The van der Waals surface area contributed by atoms with E-state index in [-0.39, 0.29) is 5.78 Å². The third-order valence-electron chi connectivity index (χ3n) is 4.99. The number of hydrogen-bond acceptors (Lipinski definition) is 4. The zero-order valence-electron chi connectivity index (χ0n) is 17.0. The zero-order valence-corrected chi connectivity index (χ0v) is 17.0. The van der Waals surface area contributed by atoms with Crippen LogP contribution in [0.15, 0.2) is 71.8 Å². The Morgan fingerprint density at radius 1 is 0.750 bits per heavy atom. The number of rotatable bonds is 4. The summed E-state index contributed by atoms with van der Waals surface area (Å²) in [7, 11) is 7.77. The van der Waals surface area contributed by atoms with Gasteiger partial charge >= 0.3 is 0 Å². The fraction of sp³-hybridized carbons (Fsp3) is 0.292. The van der Waals surface area contributed by atoms with Gasteiger partial charge in [0.25, 0.3) is 0 Å². The highest BCUT2D eigenvalue weighted by Crippen LogP contribution is 2.36. The molecule has 1 fully saturated rings. The summed E-state index contributed by atoms with van der Waals surface area (Å²) in [6.07, 6.45) is 0.139. The van der Waals surface area contributed by atoms with Crippen LogP contribution in [0.1, 0.15) is 24.0 Å². The molecule has 1 aliphatic rings. The Morgan fingerprint density at radius 2 is 1.11 bits per heavy atom. The molecule has 0 saturated heterocycles. The number of nitrogens with zero attached hydrogens (tertiary/aromatic N) is 2. The second-order valence-corrected chi connectivity index (χ2v) is 7.57. The molecule has 2 aromatic carbocycles. The Bertz CT molecular complexity index is 823. The van der Waals surface area contributed by atoms with Crippen molar-refractivity contribution in [2.24, 2.45) is 0 Å². The van der Waals surface area contributed by atoms with E-state index in [1.807, 2.05) is 98.7 Å². The van der Waals surface area contributed by atoms with Crippen LogP contribution in [0.25, 0.3) is 11.4 Å². The molecule has 4 heteroatoms. The minimum atomic E-state index is -0.583. The lowest BCUT2D eigenvalue weighted by Crippen LogP contribution is -2.29. The third kappa shape index (κ3) is 4.02. The normalized spacial score (nSPS) is 20.6. The van der Waals surface area contributed by atoms with Crippen LogP contribution in [0.5, 0.6) is 0 Å². The largest absolute Gasteiger partial charge is 0.392 e. The van der Waals surface area contributed by atoms with Gasteiger partial charge in [0.2, 0.25) is 0 Å². The monoisotopic (exact) mass is 376 g/mol. The number of carbonyl (C=O) groups is 1. The molecule has 1 N–H and O–H groups in total. The van der Waals surface area contributed by atoms with Crippen molar-refractivity contribution in [1.29, 1.82) is 0 Å². The van der Waals surface area contributed by atoms with Crippen molar-refractivity contribution in [3.8, 4) is 0 Å². The molecular weight excluding hydrogens is 348 g/mol. The molecule has 0 atom stereocenters. The first-order valence-electron chi connectivity index (χ1n) is 9.54. The van der Waals surface area contributed by atoms with Gasteiger partial charge in [-0.1, -0.05) is 60.7 Å². The summed E-state index contributed by atoms with van der Waals surface area (Å²) in [5.74, 6) is 0.0189. The molecule has 2 aromatic rings. The van der Waals surface area contributed by atoms with Gasteiger partial charge < -0.3 is 14.9 Å². The van der Waals surface area contributed by atoms with Gasteiger partial charge in [-0.2, -0.15) is 0 Å². The standard InChI is InChI=1S/C24H28N2O2/c1-25(2)22(17-11-7-5-8-12-17)20-15-19(27)16-21(24(20)28)23(26(3)4)18-13-9-6-10-14-18/h5-14,19,27H,15-16H2,1-4H3. The number of aliphatic hydroxyl groups excluding tert-OH is 1. The molecule has 0 radical (unpaired) electrons. The summed E-state index contributed by atoms with van der Waals surface area (Å²) >= 11 is 0. The Morgan fingerprint density at radius 3 is 1.43 bits per heavy atom. The van der Waals surface area contributed by atoms with Gasteiger partial charge in [0.15, 0.2) is 5.78 Å². The van der Waals surface area contributed by atoms with E-state index >= 15 is 0 Å². The van der Waals surface area contributed by atoms with Crippen LogP contribution < -0.4 is 0 Å². The summed E-state index contributed by atoms with van der Waals surface area (Å²) < 4.78 is 0. The smallest absolute Gasteiger partial charge is 0.189 e. The first-order chi connectivity index (χ1) is 13.4. The van der Waals surface area contributed by atoms with E-state index in [1.54, 1.807) is 0 Å². The van der Waals surface area contributed by atoms with E-state index in [1.165, 1.54) is 0 Å². The average Bonchev–Trinajstić information content (AvgIpc) is 2.66. The van der Waals surface area contributed by atoms with Crippen LogP contribution in [0, 0.1) is 0 Å². The SMILES string of the molecule is CN(C)C(=C1CC(O)CC(=C(c2ccccc2)N(C)C)C1=O)c1ccccc1. The van der Waals surface area contributed by atoms with E-state index in [2.05, 4.69) is 0 Å². The topological polar surface area (TPSA) is 43.8 Å². The fourth-order valence-corrected chi connectivity index (χ4v) is 3.92. The maximum Gasteiger partial charge on any atom is 0.189 e. The van der Waals surface area contributed by atoms with Crippen molar-refractivity contribution in [2.75, 3.05) is 28.2 Å². The van der Waals surface area contributed by atoms with Crippen LogP contribution in [0.2, 0.25) is 0 Å². The number of carbonyl (C=O) groups excluding carboxylic acids is 1. The molecule has 3 rings (SSSR count). The molecule has 0 aromatic heterocycles. The molecule has 0 bridgehead atoms. The first-order valence-corrected chi connectivity index (χ1v) is 9.54. The van der Waals surface area contributed by atoms with Gasteiger partial charge in [0.05, 0.1) is 17.5 Å². The lowest BCUT2D eigenvalue weighted by molar-refractivity contribution is -0.113. The minimum Gasteiger partial charge on any atom is -0.392 e. The lowest BCUT2D eigenvalue weighted by atomic mass is 9.82. The average molecular weight is 377 g/mol. The maximum absolute atomic E-state index is 13.6. The van der Waals surface area contributed by atoms with E-state index in [0.717, 1.165) is 22.5 Å². The molecule has 4 nitrogen and oxygen atoms in total. The first kappa shape index (κ1) is 19.9. The fourth-order valence-electron chi connectivity index (χ4n) is 3.92. The molecule has 0 unspecified atom stereocenters. The Hall–Kier alpha value is -2.85. The highest BCUT2D eigenvalue weighted by molar-refractivity contribution is 6.17. The number of aliphatic hydroxyl groups is 1. The van der Waals surface area contributed by atoms with Gasteiger partial charge in [-0.05, 0) is 11.1 Å². The van der Waals surface area contributed by atoms with Crippen LogP contribution in [-0.4, -0.2) is 55.0 Å². The predicted octanol–water partition coefficient (Wildman–Crippen LogP) is 3.66. The second kappa shape index (κ2) is 8.44. The van der Waals surface area contributed by atoms with Crippen LogP contribution >= 0.6 is 0 Å². The van der Waals surface area contributed by atoms with E-state index in [9.17, 15) is 9.90 Å². The van der Waals surface area contributed by atoms with Gasteiger partial charge in [0.1, 0.15) is 0 Å². The van der Waals surface area contributed by atoms with Crippen molar-refractivity contribution >= 4 is 17.2 Å². The Labute approximate surface area is 167 Å². The molecule has 1 aliphatic carbocycles. The Kier molecular flexibility index (Phi) is 6.00. The summed E-state index contributed by atoms with van der Waals surface area (Å²) in [6.45, 7) is 0. The quantitative estimate of drug-likeness (QED) is 0.827. The molecule has 146 valence electrons. The highest BCUT2D eigenvalue weighted by atomic mass is 16.3. The van der Waals surface area contributed by atoms with Crippen LogP contribution in [-0.2, 0) is 4.79 Å². The molecule has 0 amide bonds. The molecule has 0 heterocycles. The Balaban J connectivity index is 2.22. The summed E-state index contributed by atoms with van der Waals surface area (Å²) in [6, 6.07) is 19.8. The van der Waals surface area contributed by atoms with Gasteiger partial charge in [-0.15, -0.1) is 0 Å². The summed E-state index contributed by atoms with van der Waals surface area (Å²) in [4.78, 5) is 17.6.